The molecule has 0 aliphatic heterocycles. The van der Waals surface area contributed by atoms with Gasteiger partial charge in [0.15, 0.2) is 0 Å². The van der Waals surface area contributed by atoms with Crippen molar-refractivity contribution in [2.45, 2.75) is 13.0 Å². The SMILES string of the molecule is CN(CC(=O)NCCc1ccc(F)cc1)Cc1cn[nH]c1-c1ccccc1. The molecule has 0 aliphatic rings. The van der Waals surface area contributed by atoms with Crippen LogP contribution >= 0.6 is 0 Å². The number of nitrogens with one attached hydrogen (secondary N) is 2. The van der Waals surface area contributed by atoms with Gasteiger partial charge in [0.1, 0.15) is 5.82 Å². The lowest BCUT2D eigenvalue weighted by molar-refractivity contribution is -0.122. The van der Waals surface area contributed by atoms with Crippen molar-refractivity contribution in [3.63, 3.8) is 0 Å². The molecule has 27 heavy (non-hydrogen) atoms. The van der Waals surface area contributed by atoms with Crippen LogP contribution in [0.3, 0.4) is 0 Å². The maximum Gasteiger partial charge on any atom is 0.234 e. The second kappa shape index (κ2) is 9.09. The zero-order valence-corrected chi connectivity index (χ0v) is 15.3. The molecule has 140 valence electrons. The zero-order valence-electron chi connectivity index (χ0n) is 15.3. The molecule has 3 rings (SSSR count). The highest BCUT2D eigenvalue weighted by molar-refractivity contribution is 5.78. The molecule has 5 nitrogen and oxygen atoms in total. The van der Waals surface area contributed by atoms with Gasteiger partial charge in [0.2, 0.25) is 5.91 Å². The molecule has 0 fully saturated rings. The van der Waals surface area contributed by atoms with Crippen molar-refractivity contribution in [2.75, 3.05) is 20.1 Å². The Morgan fingerprint density at radius 3 is 2.63 bits per heavy atom. The lowest BCUT2D eigenvalue weighted by atomic mass is 10.1. The normalized spacial score (nSPS) is 10.9. The summed E-state index contributed by atoms with van der Waals surface area (Å²) >= 11 is 0. The fraction of sp³-hybridized carbons (Fsp3) is 0.238. The highest BCUT2D eigenvalue weighted by Crippen LogP contribution is 2.21. The van der Waals surface area contributed by atoms with Gasteiger partial charge in [-0.3, -0.25) is 14.8 Å². The number of nitrogens with zero attached hydrogens (tertiary/aromatic N) is 2. The summed E-state index contributed by atoms with van der Waals surface area (Å²) in [5.41, 5.74) is 4.08. The first-order chi connectivity index (χ1) is 13.1. The summed E-state index contributed by atoms with van der Waals surface area (Å²) in [5, 5.41) is 10.1. The summed E-state index contributed by atoms with van der Waals surface area (Å²) in [6.07, 6.45) is 2.47. The number of hydrogen-bond acceptors (Lipinski definition) is 3. The number of amides is 1. The van der Waals surface area contributed by atoms with Crippen molar-refractivity contribution in [1.82, 2.24) is 20.4 Å². The Morgan fingerprint density at radius 2 is 1.89 bits per heavy atom. The van der Waals surface area contributed by atoms with Crippen LogP contribution in [-0.2, 0) is 17.8 Å². The molecule has 0 saturated heterocycles. The molecule has 3 aromatic rings. The Hall–Kier alpha value is -2.99. The van der Waals surface area contributed by atoms with Crippen molar-refractivity contribution in [3.05, 3.63) is 77.7 Å². The van der Waals surface area contributed by atoms with Gasteiger partial charge in [-0.05, 0) is 36.7 Å². The Bertz CT molecular complexity index is 861. The molecule has 1 amide bonds. The summed E-state index contributed by atoms with van der Waals surface area (Å²) < 4.78 is 12.9. The molecule has 1 aromatic heterocycles. The molecule has 0 atom stereocenters. The van der Waals surface area contributed by atoms with E-state index in [-0.39, 0.29) is 11.7 Å². The second-order valence-corrected chi connectivity index (χ2v) is 6.53. The predicted octanol–water partition coefficient (Wildman–Crippen LogP) is 3.01. The molecule has 2 N–H and O–H groups in total. The number of H-pyrrole nitrogens is 1. The number of aromatic amines is 1. The summed E-state index contributed by atoms with van der Waals surface area (Å²) in [4.78, 5) is 14.1. The van der Waals surface area contributed by atoms with Gasteiger partial charge in [-0.2, -0.15) is 5.10 Å². The van der Waals surface area contributed by atoms with E-state index in [1.165, 1.54) is 12.1 Å². The van der Waals surface area contributed by atoms with E-state index in [1.807, 2.05) is 42.3 Å². The highest BCUT2D eigenvalue weighted by atomic mass is 19.1. The van der Waals surface area contributed by atoms with E-state index in [0.717, 1.165) is 22.4 Å². The van der Waals surface area contributed by atoms with Gasteiger partial charge >= 0.3 is 0 Å². The molecule has 0 bridgehead atoms. The molecular formula is C21H23FN4O. The van der Waals surface area contributed by atoms with E-state index in [1.54, 1.807) is 18.3 Å². The molecule has 2 aromatic carbocycles. The van der Waals surface area contributed by atoms with Crippen LogP contribution in [0.1, 0.15) is 11.1 Å². The summed E-state index contributed by atoms with van der Waals surface area (Å²) in [5.74, 6) is -0.289. The van der Waals surface area contributed by atoms with Gasteiger partial charge in [-0.25, -0.2) is 4.39 Å². The van der Waals surface area contributed by atoms with Crippen LogP contribution in [0.15, 0.2) is 60.8 Å². The number of benzene rings is 2. The molecular weight excluding hydrogens is 343 g/mol. The number of carbonyl (C=O) groups excluding carboxylic acids is 1. The van der Waals surface area contributed by atoms with Crippen LogP contribution in [0.25, 0.3) is 11.3 Å². The summed E-state index contributed by atoms with van der Waals surface area (Å²) in [6, 6.07) is 16.3. The fourth-order valence-electron chi connectivity index (χ4n) is 2.93. The van der Waals surface area contributed by atoms with Crippen molar-refractivity contribution in [3.8, 4) is 11.3 Å². The monoisotopic (exact) mass is 366 g/mol. The largest absolute Gasteiger partial charge is 0.355 e. The van der Waals surface area contributed by atoms with Crippen molar-refractivity contribution >= 4 is 5.91 Å². The summed E-state index contributed by atoms with van der Waals surface area (Å²) in [6.45, 7) is 1.44. The third-order valence-corrected chi connectivity index (χ3v) is 4.28. The van der Waals surface area contributed by atoms with Crippen LogP contribution in [0.4, 0.5) is 4.39 Å². The minimum Gasteiger partial charge on any atom is -0.355 e. The Kier molecular flexibility index (Phi) is 6.33. The topological polar surface area (TPSA) is 61.0 Å². The summed E-state index contributed by atoms with van der Waals surface area (Å²) in [7, 11) is 1.90. The molecule has 0 unspecified atom stereocenters. The van der Waals surface area contributed by atoms with Crippen LogP contribution in [0.2, 0.25) is 0 Å². The molecule has 1 heterocycles. The first-order valence-corrected chi connectivity index (χ1v) is 8.89. The Morgan fingerprint density at radius 1 is 1.15 bits per heavy atom. The lowest BCUT2D eigenvalue weighted by Crippen LogP contribution is -2.35. The molecule has 6 heteroatoms. The van der Waals surface area contributed by atoms with Crippen molar-refractivity contribution in [2.24, 2.45) is 0 Å². The van der Waals surface area contributed by atoms with E-state index in [4.69, 9.17) is 0 Å². The smallest absolute Gasteiger partial charge is 0.234 e. The maximum atomic E-state index is 12.9. The molecule has 0 radical (unpaired) electrons. The predicted molar refractivity (Wildman–Crippen MR) is 103 cm³/mol. The van der Waals surface area contributed by atoms with Gasteiger partial charge in [-0.1, -0.05) is 42.5 Å². The highest BCUT2D eigenvalue weighted by Gasteiger charge is 2.12. The maximum absolute atomic E-state index is 12.9. The van der Waals surface area contributed by atoms with Crippen LogP contribution in [0.5, 0.6) is 0 Å². The number of rotatable bonds is 8. The average molecular weight is 366 g/mol. The molecule has 0 aliphatic carbocycles. The van der Waals surface area contributed by atoms with Gasteiger partial charge in [0, 0.05) is 18.7 Å². The standard InChI is InChI=1S/C21H23FN4O/c1-26(14-18-13-24-25-21(18)17-5-3-2-4-6-17)15-20(27)23-12-11-16-7-9-19(22)10-8-16/h2-10,13H,11-12,14-15H2,1H3,(H,23,27)(H,24,25). The van der Waals surface area contributed by atoms with E-state index < -0.39 is 0 Å². The third kappa shape index (κ3) is 5.49. The van der Waals surface area contributed by atoms with E-state index in [2.05, 4.69) is 15.5 Å². The number of aromatic nitrogens is 2. The number of carbonyl (C=O) groups is 1. The van der Waals surface area contributed by atoms with E-state index in [9.17, 15) is 9.18 Å². The van der Waals surface area contributed by atoms with E-state index in [0.29, 0.717) is 26.1 Å². The quantitative estimate of drug-likeness (QED) is 0.644. The van der Waals surface area contributed by atoms with Crippen LogP contribution in [-0.4, -0.2) is 41.1 Å². The Labute approximate surface area is 158 Å². The first-order valence-electron chi connectivity index (χ1n) is 8.89. The second-order valence-electron chi connectivity index (χ2n) is 6.53. The number of halogens is 1. The zero-order chi connectivity index (χ0) is 19.1. The van der Waals surface area contributed by atoms with Gasteiger partial charge in [-0.15, -0.1) is 0 Å². The minimum atomic E-state index is -0.251. The van der Waals surface area contributed by atoms with Gasteiger partial charge < -0.3 is 5.32 Å². The van der Waals surface area contributed by atoms with Crippen molar-refractivity contribution < 1.29 is 9.18 Å². The third-order valence-electron chi connectivity index (χ3n) is 4.28. The first kappa shape index (κ1) is 18.8. The fourth-order valence-corrected chi connectivity index (χ4v) is 2.93. The molecule has 0 saturated carbocycles. The lowest BCUT2D eigenvalue weighted by Gasteiger charge is -2.16. The van der Waals surface area contributed by atoms with Crippen LogP contribution in [0, 0.1) is 5.82 Å². The number of likely N-dealkylation sites (N-methyl/N-ethyl adjacent to an activating group) is 1. The number of hydrogen-bond donors (Lipinski definition) is 2. The Balaban J connectivity index is 1.47. The minimum absolute atomic E-state index is 0.0376. The van der Waals surface area contributed by atoms with E-state index >= 15 is 0 Å². The average Bonchev–Trinajstić information content (AvgIpc) is 3.12. The van der Waals surface area contributed by atoms with Gasteiger partial charge in [0.25, 0.3) is 0 Å². The van der Waals surface area contributed by atoms with Gasteiger partial charge in [0.05, 0.1) is 18.4 Å². The van der Waals surface area contributed by atoms with Crippen molar-refractivity contribution in [1.29, 1.82) is 0 Å². The molecule has 0 spiro atoms. The van der Waals surface area contributed by atoms with Crippen LogP contribution < -0.4 is 5.32 Å².